The third kappa shape index (κ3) is 2.45. The van der Waals surface area contributed by atoms with Crippen molar-refractivity contribution in [2.45, 2.75) is 13.1 Å². The molecular formula is C17H17ClN2. The number of benzene rings is 2. The number of nitrogens with zero attached hydrogens (tertiary/aromatic N) is 1. The Balaban J connectivity index is 2.09. The van der Waals surface area contributed by atoms with Crippen LogP contribution < -0.4 is 5.32 Å². The molecule has 0 aliphatic carbocycles. The maximum atomic E-state index is 6.29. The van der Waals surface area contributed by atoms with E-state index in [0.717, 1.165) is 23.7 Å². The predicted octanol–water partition coefficient (Wildman–Crippen LogP) is 4.06. The van der Waals surface area contributed by atoms with Crippen molar-refractivity contribution in [3.63, 3.8) is 0 Å². The van der Waals surface area contributed by atoms with Gasteiger partial charge in [-0.15, -0.1) is 0 Å². The molecule has 3 heteroatoms. The van der Waals surface area contributed by atoms with E-state index in [4.69, 9.17) is 11.6 Å². The minimum Gasteiger partial charge on any atom is -0.339 e. The fraction of sp³-hybridized carbons (Fsp3) is 0.176. The normalized spacial score (nSPS) is 11.1. The van der Waals surface area contributed by atoms with Gasteiger partial charge in [0.25, 0.3) is 0 Å². The van der Waals surface area contributed by atoms with Crippen molar-refractivity contribution in [3.05, 3.63) is 70.9 Å². The van der Waals surface area contributed by atoms with Gasteiger partial charge in [-0.25, -0.2) is 0 Å². The van der Waals surface area contributed by atoms with Crippen LogP contribution in [0.15, 0.2) is 54.6 Å². The number of para-hydroxylation sites is 1. The highest BCUT2D eigenvalue weighted by molar-refractivity contribution is 6.31. The van der Waals surface area contributed by atoms with Crippen molar-refractivity contribution < 1.29 is 0 Å². The molecule has 0 unspecified atom stereocenters. The lowest BCUT2D eigenvalue weighted by atomic mass is 10.2. The Bertz CT molecular complexity index is 731. The van der Waals surface area contributed by atoms with Crippen LogP contribution in [0.2, 0.25) is 5.02 Å². The molecule has 0 fully saturated rings. The summed E-state index contributed by atoms with van der Waals surface area (Å²) < 4.78 is 2.33. The summed E-state index contributed by atoms with van der Waals surface area (Å²) in [6, 6.07) is 18.7. The highest BCUT2D eigenvalue weighted by atomic mass is 35.5. The Hall–Kier alpha value is -1.77. The predicted molar refractivity (Wildman–Crippen MR) is 85.3 cm³/mol. The third-order valence-electron chi connectivity index (χ3n) is 3.54. The lowest BCUT2D eigenvalue weighted by Crippen LogP contribution is -2.12. The van der Waals surface area contributed by atoms with Gasteiger partial charge in [-0.05, 0) is 36.2 Å². The maximum absolute atomic E-state index is 6.29. The van der Waals surface area contributed by atoms with Crippen LogP contribution in [-0.2, 0) is 13.1 Å². The minimum absolute atomic E-state index is 0.796. The Kier molecular flexibility index (Phi) is 3.77. The summed E-state index contributed by atoms with van der Waals surface area (Å²) in [4.78, 5) is 0. The molecule has 0 amide bonds. The van der Waals surface area contributed by atoms with Crippen LogP contribution in [-0.4, -0.2) is 11.6 Å². The molecule has 0 atom stereocenters. The first-order valence-electron chi connectivity index (χ1n) is 6.75. The van der Waals surface area contributed by atoms with Gasteiger partial charge in [-0.3, -0.25) is 0 Å². The van der Waals surface area contributed by atoms with E-state index in [9.17, 15) is 0 Å². The van der Waals surface area contributed by atoms with E-state index in [1.54, 1.807) is 0 Å². The summed E-state index contributed by atoms with van der Waals surface area (Å²) in [7, 11) is 1.97. The van der Waals surface area contributed by atoms with E-state index in [2.05, 4.69) is 46.3 Å². The molecule has 3 aromatic rings. The molecule has 3 rings (SSSR count). The van der Waals surface area contributed by atoms with E-state index in [1.165, 1.54) is 16.6 Å². The van der Waals surface area contributed by atoms with Gasteiger partial charge in [0.2, 0.25) is 0 Å². The number of hydrogen-bond donors (Lipinski definition) is 1. The van der Waals surface area contributed by atoms with Crippen LogP contribution in [0.3, 0.4) is 0 Å². The van der Waals surface area contributed by atoms with Gasteiger partial charge in [0.15, 0.2) is 0 Å². The van der Waals surface area contributed by atoms with Gasteiger partial charge in [-0.1, -0.05) is 48.0 Å². The van der Waals surface area contributed by atoms with Gasteiger partial charge in [0.05, 0.1) is 0 Å². The minimum atomic E-state index is 0.796. The molecule has 1 heterocycles. The SMILES string of the molecule is CNCc1cc2ccccc2n1Cc1ccccc1Cl. The molecule has 2 aromatic carbocycles. The molecule has 2 nitrogen and oxygen atoms in total. The van der Waals surface area contributed by atoms with Gasteiger partial charge in [0, 0.05) is 29.3 Å². The standard InChI is InChI=1S/C17H17ClN2/c1-19-11-15-10-13-6-3-5-9-17(13)20(15)12-14-7-2-4-8-16(14)18/h2-10,19H,11-12H2,1H3. The zero-order valence-corrected chi connectivity index (χ0v) is 12.2. The van der Waals surface area contributed by atoms with Crippen LogP contribution in [0.1, 0.15) is 11.3 Å². The number of rotatable bonds is 4. The van der Waals surface area contributed by atoms with Crippen molar-refractivity contribution in [2.75, 3.05) is 7.05 Å². The lowest BCUT2D eigenvalue weighted by molar-refractivity contribution is 0.709. The first-order chi connectivity index (χ1) is 9.79. The zero-order valence-electron chi connectivity index (χ0n) is 11.4. The summed E-state index contributed by atoms with van der Waals surface area (Å²) in [5.41, 5.74) is 3.67. The first-order valence-corrected chi connectivity index (χ1v) is 7.12. The van der Waals surface area contributed by atoms with Crippen LogP contribution in [0.25, 0.3) is 10.9 Å². The topological polar surface area (TPSA) is 17.0 Å². The number of aromatic nitrogens is 1. The summed E-state index contributed by atoms with van der Waals surface area (Å²) in [6.07, 6.45) is 0. The van der Waals surface area contributed by atoms with E-state index in [0.29, 0.717) is 0 Å². The summed E-state index contributed by atoms with van der Waals surface area (Å²) >= 11 is 6.29. The number of halogens is 1. The zero-order chi connectivity index (χ0) is 13.9. The Morgan fingerprint density at radius 2 is 1.80 bits per heavy atom. The van der Waals surface area contributed by atoms with E-state index >= 15 is 0 Å². The summed E-state index contributed by atoms with van der Waals surface area (Å²) in [6.45, 7) is 1.64. The fourth-order valence-electron chi connectivity index (χ4n) is 2.58. The molecule has 1 N–H and O–H groups in total. The number of hydrogen-bond acceptors (Lipinski definition) is 1. The van der Waals surface area contributed by atoms with Gasteiger partial charge in [-0.2, -0.15) is 0 Å². The smallest absolute Gasteiger partial charge is 0.0494 e. The Morgan fingerprint density at radius 1 is 1.05 bits per heavy atom. The molecule has 0 saturated carbocycles. The fourth-order valence-corrected chi connectivity index (χ4v) is 2.77. The summed E-state index contributed by atoms with van der Waals surface area (Å²) in [5.74, 6) is 0. The number of fused-ring (bicyclic) bond motifs is 1. The average Bonchev–Trinajstić information content (AvgIpc) is 2.80. The molecule has 0 spiro atoms. The highest BCUT2D eigenvalue weighted by Gasteiger charge is 2.09. The second kappa shape index (κ2) is 5.70. The molecular weight excluding hydrogens is 268 g/mol. The quantitative estimate of drug-likeness (QED) is 0.764. The molecule has 102 valence electrons. The average molecular weight is 285 g/mol. The van der Waals surface area contributed by atoms with Crippen LogP contribution in [0.5, 0.6) is 0 Å². The monoisotopic (exact) mass is 284 g/mol. The van der Waals surface area contributed by atoms with Crippen LogP contribution >= 0.6 is 11.6 Å². The molecule has 0 aliphatic rings. The van der Waals surface area contributed by atoms with Crippen molar-refractivity contribution >= 4 is 22.5 Å². The largest absolute Gasteiger partial charge is 0.339 e. The molecule has 0 bridgehead atoms. The van der Waals surface area contributed by atoms with Gasteiger partial charge in [0.1, 0.15) is 0 Å². The molecule has 0 aliphatic heterocycles. The third-order valence-corrected chi connectivity index (χ3v) is 3.91. The van der Waals surface area contributed by atoms with E-state index < -0.39 is 0 Å². The van der Waals surface area contributed by atoms with Gasteiger partial charge < -0.3 is 9.88 Å². The number of nitrogens with one attached hydrogen (secondary N) is 1. The maximum Gasteiger partial charge on any atom is 0.0494 e. The van der Waals surface area contributed by atoms with Crippen molar-refractivity contribution in [2.24, 2.45) is 0 Å². The molecule has 0 saturated heterocycles. The lowest BCUT2D eigenvalue weighted by Gasteiger charge is -2.12. The van der Waals surface area contributed by atoms with E-state index in [-0.39, 0.29) is 0 Å². The first kappa shape index (κ1) is 13.2. The molecule has 0 radical (unpaired) electrons. The van der Waals surface area contributed by atoms with Crippen molar-refractivity contribution in [1.29, 1.82) is 0 Å². The highest BCUT2D eigenvalue weighted by Crippen LogP contribution is 2.23. The van der Waals surface area contributed by atoms with Crippen LogP contribution in [0.4, 0.5) is 0 Å². The second-order valence-electron chi connectivity index (χ2n) is 4.90. The Labute approximate surface area is 124 Å². The Morgan fingerprint density at radius 3 is 2.60 bits per heavy atom. The van der Waals surface area contributed by atoms with Gasteiger partial charge >= 0.3 is 0 Å². The molecule has 1 aromatic heterocycles. The van der Waals surface area contributed by atoms with Crippen molar-refractivity contribution in [3.8, 4) is 0 Å². The van der Waals surface area contributed by atoms with E-state index in [1.807, 2.05) is 25.2 Å². The second-order valence-corrected chi connectivity index (χ2v) is 5.31. The summed E-state index contributed by atoms with van der Waals surface area (Å²) in [5, 5.41) is 5.32. The van der Waals surface area contributed by atoms with Crippen LogP contribution in [0, 0.1) is 0 Å². The molecule has 20 heavy (non-hydrogen) atoms. The van der Waals surface area contributed by atoms with Crippen molar-refractivity contribution in [1.82, 2.24) is 9.88 Å².